The van der Waals surface area contributed by atoms with Gasteiger partial charge in [-0.1, -0.05) is 19.1 Å². The van der Waals surface area contributed by atoms with Crippen LogP contribution in [0.4, 0.5) is 5.69 Å². The van der Waals surface area contributed by atoms with Crippen molar-refractivity contribution in [3.05, 3.63) is 29.8 Å². The Morgan fingerprint density at radius 3 is 2.38 bits per heavy atom. The van der Waals surface area contributed by atoms with Crippen molar-refractivity contribution in [3.8, 4) is 0 Å². The first kappa shape index (κ1) is 18.3. The lowest BCUT2D eigenvalue weighted by molar-refractivity contribution is 0.0492. The predicted molar refractivity (Wildman–Crippen MR) is 82.4 cm³/mol. The van der Waals surface area contributed by atoms with Gasteiger partial charge in [-0.25, -0.2) is 0 Å². The molecule has 0 spiro atoms. The molecule has 3 unspecified atom stereocenters. The molecule has 0 aliphatic heterocycles. The Labute approximate surface area is 126 Å². The third-order valence-electron chi connectivity index (χ3n) is 3.04. The van der Waals surface area contributed by atoms with E-state index in [1.807, 2.05) is 6.92 Å². The molecular formula is C13H21NO5P2. The summed E-state index contributed by atoms with van der Waals surface area (Å²) in [5.41, 5.74) is 6.38. The first-order valence-corrected chi connectivity index (χ1v) is 9.07. The molecule has 3 atom stereocenters. The number of ether oxygens (including phenoxy) is 1. The van der Waals surface area contributed by atoms with Crippen LogP contribution in [0, 0.1) is 0 Å². The van der Waals surface area contributed by atoms with Gasteiger partial charge in [0, 0.05) is 17.9 Å². The summed E-state index contributed by atoms with van der Waals surface area (Å²) in [6.45, 7) is 5.25. The molecule has 1 aromatic carbocycles. The average Bonchev–Trinajstić information content (AvgIpc) is 2.45. The largest absolute Gasteiger partial charge is 0.399 e. The van der Waals surface area contributed by atoms with E-state index in [9.17, 15) is 14.0 Å². The predicted octanol–water partition coefficient (Wildman–Crippen LogP) is 3.71. The van der Waals surface area contributed by atoms with Gasteiger partial charge >= 0.3 is 7.60 Å². The molecule has 0 heterocycles. The number of benzene rings is 1. The van der Waals surface area contributed by atoms with E-state index in [4.69, 9.17) is 15.0 Å². The molecule has 0 bridgehead atoms. The molecule has 6 nitrogen and oxygen atoms in total. The zero-order valence-corrected chi connectivity index (χ0v) is 14.1. The molecule has 21 heavy (non-hydrogen) atoms. The molecule has 8 heteroatoms. The van der Waals surface area contributed by atoms with E-state index < -0.39 is 27.2 Å². The van der Waals surface area contributed by atoms with Crippen LogP contribution in [0.1, 0.15) is 32.8 Å². The maximum absolute atomic E-state index is 12.7. The summed E-state index contributed by atoms with van der Waals surface area (Å²) in [5.74, 6) is 0. The minimum atomic E-state index is -4.35. The number of nitrogen functional groups attached to an aromatic ring is 1. The van der Waals surface area contributed by atoms with Gasteiger partial charge < -0.3 is 19.9 Å². The van der Waals surface area contributed by atoms with Crippen LogP contribution < -0.4 is 5.73 Å². The van der Waals surface area contributed by atoms with Gasteiger partial charge in [-0.3, -0.25) is 9.13 Å². The maximum atomic E-state index is 12.7. The smallest absolute Gasteiger partial charge is 0.376 e. The fraction of sp³-hybridized carbons (Fsp3) is 0.538. The molecular weight excluding hydrogens is 312 g/mol. The lowest BCUT2D eigenvalue weighted by atomic mass is 10.2. The van der Waals surface area contributed by atoms with E-state index in [1.54, 1.807) is 26.0 Å². The highest BCUT2D eigenvalue weighted by Crippen LogP contribution is 2.67. The normalized spacial score (nSPS) is 18.9. The molecule has 0 aliphatic rings. The molecule has 3 N–H and O–H groups in total. The molecule has 0 aliphatic carbocycles. The van der Waals surface area contributed by atoms with Crippen LogP contribution in [0.2, 0.25) is 0 Å². The van der Waals surface area contributed by atoms with E-state index in [0.717, 1.165) is 0 Å². The zero-order valence-electron chi connectivity index (χ0n) is 12.4. The Morgan fingerprint density at radius 2 is 1.95 bits per heavy atom. The van der Waals surface area contributed by atoms with E-state index >= 15 is 0 Å². The standard InChI is InChI=1S/C13H21NO5P2/c1-4-10(3)19-21(16,17)13(20-15,18-5-2)11-6-8-12(14)9-7-11/h6-10H,4-5,14H2,1-3H3,(H,16,17). The number of anilines is 1. The third kappa shape index (κ3) is 3.91. The molecule has 1 aromatic rings. The van der Waals surface area contributed by atoms with Crippen LogP contribution in [0.5, 0.6) is 0 Å². The zero-order chi connectivity index (χ0) is 16.1. The van der Waals surface area contributed by atoms with Crippen molar-refractivity contribution in [3.63, 3.8) is 0 Å². The van der Waals surface area contributed by atoms with Crippen molar-refractivity contribution in [2.45, 2.75) is 38.4 Å². The van der Waals surface area contributed by atoms with Gasteiger partial charge in [-0.2, -0.15) is 0 Å². The van der Waals surface area contributed by atoms with Gasteiger partial charge in [-0.05, 0) is 32.4 Å². The molecule has 0 radical (unpaired) electrons. The monoisotopic (exact) mass is 333 g/mol. The SMILES string of the molecule is CCOC(P=O)(c1ccc(N)cc1)P(=O)(O)OC(C)CC. The van der Waals surface area contributed by atoms with Crippen molar-refractivity contribution >= 4 is 21.7 Å². The molecule has 0 saturated heterocycles. The summed E-state index contributed by atoms with van der Waals surface area (Å²) in [7, 11) is -4.99. The average molecular weight is 333 g/mol. The lowest BCUT2D eigenvalue weighted by Gasteiger charge is -2.32. The molecule has 1 rings (SSSR count). The van der Waals surface area contributed by atoms with Gasteiger partial charge in [0.15, 0.2) is 0 Å². The van der Waals surface area contributed by atoms with Gasteiger partial charge in [-0.15, -0.1) is 0 Å². The second kappa shape index (κ2) is 7.48. The second-order valence-corrected chi connectivity index (χ2v) is 7.65. The lowest BCUT2D eigenvalue weighted by Crippen LogP contribution is -2.26. The van der Waals surface area contributed by atoms with Crippen LogP contribution in [0.3, 0.4) is 0 Å². The summed E-state index contributed by atoms with van der Waals surface area (Å²) in [6, 6.07) is 6.13. The van der Waals surface area contributed by atoms with E-state index in [2.05, 4.69) is 0 Å². The number of hydrogen-bond donors (Lipinski definition) is 2. The highest BCUT2D eigenvalue weighted by Gasteiger charge is 2.54. The Balaban J connectivity index is 3.35. The van der Waals surface area contributed by atoms with Crippen LogP contribution in [0.25, 0.3) is 0 Å². The molecule has 0 aromatic heterocycles. The van der Waals surface area contributed by atoms with E-state index in [0.29, 0.717) is 12.1 Å². The highest BCUT2D eigenvalue weighted by atomic mass is 31.2. The molecule has 0 saturated carbocycles. The van der Waals surface area contributed by atoms with Crippen LogP contribution in [0.15, 0.2) is 24.3 Å². The van der Waals surface area contributed by atoms with Crippen molar-refractivity contribution in [1.29, 1.82) is 0 Å². The van der Waals surface area contributed by atoms with Crippen LogP contribution >= 0.6 is 16.1 Å². The number of hydrogen-bond acceptors (Lipinski definition) is 5. The summed E-state index contributed by atoms with van der Waals surface area (Å²) < 4.78 is 35.1. The summed E-state index contributed by atoms with van der Waals surface area (Å²) in [5, 5.41) is -1.95. The highest BCUT2D eigenvalue weighted by molar-refractivity contribution is 7.63. The Morgan fingerprint density at radius 1 is 1.38 bits per heavy atom. The van der Waals surface area contributed by atoms with Crippen molar-refractivity contribution < 1.29 is 23.3 Å². The minimum Gasteiger partial charge on any atom is -0.399 e. The molecule has 118 valence electrons. The van der Waals surface area contributed by atoms with E-state index in [1.165, 1.54) is 12.1 Å². The van der Waals surface area contributed by atoms with E-state index in [-0.39, 0.29) is 12.2 Å². The number of nitrogens with two attached hydrogens (primary N) is 1. The Bertz CT molecular complexity index is 522. The summed E-state index contributed by atoms with van der Waals surface area (Å²) >= 11 is 0. The third-order valence-corrected chi connectivity index (χ3v) is 6.47. The molecule has 0 amide bonds. The Kier molecular flexibility index (Phi) is 6.51. The number of rotatable bonds is 8. The van der Waals surface area contributed by atoms with Gasteiger partial charge in [0.05, 0.1) is 6.10 Å². The second-order valence-electron chi connectivity index (χ2n) is 4.60. The first-order chi connectivity index (χ1) is 9.82. The van der Waals surface area contributed by atoms with Crippen molar-refractivity contribution in [2.75, 3.05) is 12.3 Å². The first-order valence-electron chi connectivity index (χ1n) is 6.68. The molecule has 0 fully saturated rings. The van der Waals surface area contributed by atoms with Gasteiger partial charge in [0.1, 0.15) is 0 Å². The summed E-state index contributed by atoms with van der Waals surface area (Å²) in [6.07, 6.45) is 0.0840. The van der Waals surface area contributed by atoms with Crippen LogP contribution in [-0.4, -0.2) is 17.6 Å². The fourth-order valence-electron chi connectivity index (χ4n) is 1.75. The minimum absolute atomic E-state index is 0.105. The van der Waals surface area contributed by atoms with Gasteiger partial charge in [0.25, 0.3) is 5.08 Å². The maximum Gasteiger partial charge on any atom is 0.376 e. The van der Waals surface area contributed by atoms with Gasteiger partial charge in [0.2, 0.25) is 8.46 Å². The topological polar surface area (TPSA) is 98.9 Å². The van der Waals surface area contributed by atoms with Crippen molar-refractivity contribution in [1.82, 2.24) is 0 Å². The Hall–Kier alpha value is -0.770. The van der Waals surface area contributed by atoms with Crippen molar-refractivity contribution in [2.24, 2.45) is 0 Å². The summed E-state index contributed by atoms with van der Waals surface area (Å²) in [4.78, 5) is 10.4. The quantitative estimate of drug-likeness (QED) is 0.556. The van der Waals surface area contributed by atoms with Crippen LogP contribution in [-0.2, 0) is 23.5 Å². The fourth-order valence-corrected chi connectivity index (χ4v) is 4.29.